The fourth-order valence-corrected chi connectivity index (χ4v) is 3.17. The zero-order chi connectivity index (χ0) is 17.4. The van der Waals surface area contributed by atoms with Gasteiger partial charge in [-0.2, -0.15) is 0 Å². The van der Waals surface area contributed by atoms with E-state index >= 15 is 0 Å². The lowest BCUT2D eigenvalue weighted by atomic mass is 9.86. The number of aryl methyl sites for hydroxylation is 1. The van der Waals surface area contributed by atoms with E-state index < -0.39 is 0 Å². The standard InChI is InChI=1S/C18H34N6.HI/c1-5-17-23-21-13-24(17)11-10-19-18(20-12-14(2)3)22-16-9-7-6-8-15(16)4;/h13-16H,5-12H2,1-4H3,(H2,19,20,22);1H. The number of aromatic nitrogens is 3. The van der Waals surface area contributed by atoms with Crippen LogP contribution in [0.4, 0.5) is 0 Å². The summed E-state index contributed by atoms with van der Waals surface area (Å²) in [5.74, 6) is 3.27. The summed E-state index contributed by atoms with van der Waals surface area (Å²) in [6.07, 6.45) is 7.96. The Morgan fingerprint density at radius 3 is 2.80 bits per heavy atom. The van der Waals surface area contributed by atoms with Crippen LogP contribution < -0.4 is 10.6 Å². The van der Waals surface area contributed by atoms with Crippen LogP contribution in [0, 0.1) is 11.8 Å². The third kappa shape index (κ3) is 7.50. The molecule has 0 saturated heterocycles. The van der Waals surface area contributed by atoms with E-state index in [1.165, 1.54) is 25.7 Å². The van der Waals surface area contributed by atoms with Crippen molar-refractivity contribution in [2.45, 2.75) is 72.4 Å². The SMILES string of the molecule is CCc1nncn1CCNC(=NCC(C)C)NC1CCCCC1C.I. The van der Waals surface area contributed by atoms with Gasteiger partial charge in [0.05, 0.1) is 0 Å². The highest BCUT2D eigenvalue weighted by Gasteiger charge is 2.22. The van der Waals surface area contributed by atoms with Gasteiger partial charge in [0.25, 0.3) is 0 Å². The van der Waals surface area contributed by atoms with E-state index in [4.69, 9.17) is 4.99 Å². The van der Waals surface area contributed by atoms with Gasteiger partial charge in [-0.05, 0) is 24.7 Å². The Kier molecular flexibility index (Phi) is 10.4. The number of halogens is 1. The molecular formula is C18H35IN6. The van der Waals surface area contributed by atoms with Crippen LogP contribution in [0.2, 0.25) is 0 Å². The van der Waals surface area contributed by atoms with Crippen LogP contribution in [0.15, 0.2) is 11.3 Å². The average molecular weight is 462 g/mol. The van der Waals surface area contributed by atoms with Gasteiger partial charge in [-0.3, -0.25) is 4.99 Å². The Morgan fingerprint density at radius 2 is 2.12 bits per heavy atom. The highest BCUT2D eigenvalue weighted by Crippen LogP contribution is 2.23. The summed E-state index contributed by atoms with van der Waals surface area (Å²) in [6, 6.07) is 0.540. The van der Waals surface area contributed by atoms with Gasteiger partial charge in [-0.1, -0.05) is 40.5 Å². The number of guanidine groups is 1. The van der Waals surface area contributed by atoms with Crippen molar-refractivity contribution in [3.63, 3.8) is 0 Å². The van der Waals surface area contributed by atoms with Gasteiger partial charge in [0.15, 0.2) is 5.96 Å². The predicted molar refractivity (Wildman–Crippen MR) is 115 cm³/mol. The zero-order valence-corrected chi connectivity index (χ0v) is 18.5. The van der Waals surface area contributed by atoms with E-state index in [2.05, 4.69) is 53.1 Å². The van der Waals surface area contributed by atoms with Crippen molar-refractivity contribution in [1.29, 1.82) is 0 Å². The van der Waals surface area contributed by atoms with Crippen LogP contribution in [0.3, 0.4) is 0 Å². The molecule has 0 amide bonds. The van der Waals surface area contributed by atoms with Gasteiger partial charge in [-0.15, -0.1) is 34.2 Å². The number of nitrogens with one attached hydrogen (secondary N) is 2. The summed E-state index contributed by atoms with van der Waals surface area (Å²) in [5.41, 5.74) is 0. The second-order valence-electron chi connectivity index (χ2n) is 7.32. The third-order valence-electron chi connectivity index (χ3n) is 4.71. The van der Waals surface area contributed by atoms with Gasteiger partial charge >= 0.3 is 0 Å². The van der Waals surface area contributed by atoms with Crippen molar-refractivity contribution < 1.29 is 0 Å². The molecular weight excluding hydrogens is 427 g/mol. The van der Waals surface area contributed by atoms with Gasteiger partial charge in [-0.25, -0.2) is 0 Å². The van der Waals surface area contributed by atoms with E-state index in [9.17, 15) is 0 Å². The van der Waals surface area contributed by atoms with Crippen LogP contribution in [0.5, 0.6) is 0 Å². The molecule has 0 bridgehead atoms. The molecule has 1 aliphatic rings. The molecule has 0 spiro atoms. The third-order valence-corrected chi connectivity index (χ3v) is 4.71. The fourth-order valence-electron chi connectivity index (χ4n) is 3.17. The van der Waals surface area contributed by atoms with Crippen LogP contribution in [0.25, 0.3) is 0 Å². The summed E-state index contributed by atoms with van der Waals surface area (Å²) >= 11 is 0. The number of rotatable bonds is 7. The van der Waals surface area contributed by atoms with Crippen molar-refractivity contribution in [2.75, 3.05) is 13.1 Å². The normalized spacial score (nSPS) is 21.1. The molecule has 2 N–H and O–H groups in total. The smallest absolute Gasteiger partial charge is 0.191 e. The Bertz CT molecular complexity index is 513. The summed E-state index contributed by atoms with van der Waals surface area (Å²) in [6.45, 7) is 11.4. The lowest BCUT2D eigenvalue weighted by Crippen LogP contribution is -2.48. The quantitative estimate of drug-likeness (QED) is 0.371. The monoisotopic (exact) mass is 462 g/mol. The summed E-state index contributed by atoms with van der Waals surface area (Å²) in [7, 11) is 0. The van der Waals surface area contributed by atoms with Crippen molar-refractivity contribution >= 4 is 29.9 Å². The van der Waals surface area contributed by atoms with E-state index in [-0.39, 0.29) is 24.0 Å². The van der Waals surface area contributed by atoms with E-state index in [0.29, 0.717) is 17.9 Å². The molecule has 1 saturated carbocycles. The summed E-state index contributed by atoms with van der Waals surface area (Å²) in [5, 5.41) is 15.3. The number of hydrogen-bond donors (Lipinski definition) is 2. The second kappa shape index (κ2) is 11.7. The number of aliphatic imine (C=N–C) groups is 1. The average Bonchev–Trinajstić information content (AvgIpc) is 3.01. The molecule has 1 fully saturated rings. The summed E-state index contributed by atoms with van der Waals surface area (Å²) in [4.78, 5) is 4.77. The highest BCUT2D eigenvalue weighted by molar-refractivity contribution is 14.0. The molecule has 2 rings (SSSR count). The second-order valence-corrected chi connectivity index (χ2v) is 7.32. The maximum absolute atomic E-state index is 4.77. The first-order valence-electron chi connectivity index (χ1n) is 9.51. The van der Waals surface area contributed by atoms with Crippen molar-refractivity contribution in [2.24, 2.45) is 16.8 Å². The van der Waals surface area contributed by atoms with Crippen LogP contribution >= 0.6 is 24.0 Å². The molecule has 0 radical (unpaired) electrons. The van der Waals surface area contributed by atoms with Gasteiger partial charge in [0, 0.05) is 32.1 Å². The fraction of sp³-hybridized carbons (Fsp3) is 0.833. The minimum Gasteiger partial charge on any atom is -0.355 e. The van der Waals surface area contributed by atoms with Crippen molar-refractivity contribution in [3.8, 4) is 0 Å². The van der Waals surface area contributed by atoms with E-state index in [1.54, 1.807) is 0 Å². The molecule has 0 aliphatic heterocycles. The first-order chi connectivity index (χ1) is 11.6. The molecule has 6 nitrogen and oxygen atoms in total. The Hall–Kier alpha value is -0.860. The molecule has 1 aliphatic carbocycles. The molecule has 1 aromatic rings. The van der Waals surface area contributed by atoms with Gasteiger partial charge in [0.2, 0.25) is 0 Å². The Balaban J connectivity index is 0.00000312. The molecule has 0 aromatic carbocycles. The molecule has 25 heavy (non-hydrogen) atoms. The number of nitrogens with zero attached hydrogens (tertiary/aromatic N) is 4. The molecule has 144 valence electrons. The number of hydrogen-bond acceptors (Lipinski definition) is 3. The van der Waals surface area contributed by atoms with E-state index in [0.717, 1.165) is 37.8 Å². The largest absolute Gasteiger partial charge is 0.355 e. The molecule has 1 aromatic heterocycles. The maximum Gasteiger partial charge on any atom is 0.191 e. The highest BCUT2D eigenvalue weighted by atomic mass is 127. The zero-order valence-electron chi connectivity index (χ0n) is 16.2. The first-order valence-corrected chi connectivity index (χ1v) is 9.51. The minimum atomic E-state index is 0. The predicted octanol–water partition coefficient (Wildman–Crippen LogP) is 3.23. The van der Waals surface area contributed by atoms with Crippen LogP contribution in [0.1, 0.15) is 59.2 Å². The topological polar surface area (TPSA) is 67.1 Å². The lowest BCUT2D eigenvalue weighted by molar-refractivity contribution is 0.306. The van der Waals surface area contributed by atoms with Gasteiger partial charge in [0.1, 0.15) is 12.2 Å². The molecule has 1 heterocycles. The Morgan fingerprint density at radius 1 is 1.36 bits per heavy atom. The maximum atomic E-state index is 4.77. The molecule has 7 heteroatoms. The first kappa shape index (κ1) is 22.2. The van der Waals surface area contributed by atoms with Crippen LogP contribution in [-0.2, 0) is 13.0 Å². The lowest BCUT2D eigenvalue weighted by Gasteiger charge is -2.31. The minimum absolute atomic E-state index is 0. The molecule has 2 unspecified atom stereocenters. The van der Waals surface area contributed by atoms with Crippen molar-refractivity contribution in [1.82, 2.24) is 25.4 Å². The Labute approximate surface area is 169 Å². The summed E-state index contributed by atoms with van der Waals surface area (Å²) < 4.78 is 2.11. The van der Waals surface area contributed by atoms with E-state index in [1.807, 2.05) is 6.33 Å². The van der Waals surface area contributed by atoms with Crippen molar-refractivity contribution in [3.05, 3.63) is 12.2 Å². The van der Waals surface area contributed by atoms with Crippen LogP contribution in [-0.4, -0.2) is 39.9 Å². The molecule has 2 atom stereocenters. The van der Waals surface area contributed by atoms with Gasteiger partial charge < -0.3 is 15.2 Å².